The van der Waals surface area contributed by atoms with Crippen LogP contribution in [0.3, 0.4) is 0 Å². The highest BCUT2D eigenvalue weighted by Gasteiger charge is 2.08. The lowest BCUT2D eigenvalue weighted by atomic mass is 10.1. The lowest BCUT2D eigenvalue weighted by molar-refractivity contribution is 0.177. The smallest absolute Gasteiger partial charge is 0.157 e. The number of phenols is 2. The maximum atomic E-state index is 9.48. The number of rotatable bonds is 3. The first kappa shape index (κ1) is 16.6. The van der Waals surface area contributed by atoms with Crippen LogP contribution in [0.2, 0.25) is 0 Å². The van der Waals surface area contributed by atoms with Crippen LogP contribution in [0.25, 0.3) is 0 Å². The molecule has 1 aromatic rings. The summed E-state index contributed by atoms with van der Waals surface area (Å²) in [6, 6.07) is 4.26. The van der Waals surface area contributed by atoms with Crippen LogP contribution in [0.4, 0.5) is 0 Å². The van der Waals surface area contributed by atoms with Gasteiger partial charge in [0.2, 0.25) is 0 Å². The Morgan fingerprint density at radius 3 is 2.17 bits per heavy atom. The molecule has 0 heterocycles. The normalized spacial score (nSPS) is 12.4. The lowest BCUT2D eigenvalue weighted by Crippen LogP contribution is -2.16. The summed E-state index contributed by atoms with van der Waals surface area (Å²) in [6.07, 6.45) is -0.670. The third-order valence-electron chi connectivity index (χ3n) is 1.78. The van der Waals surface area contributed by atoms with E-state index in [0.717, 1.165) is 0 Å². The second-order valence-electron chi connectivity index (χ2n) is 3.23. The highest BCUT2D eigenvalue weighted by Crippen LogP contribution is 2.27. The van der Waals surface area contributed by atoms with Crippen LogP contribution < -0.4 is 5.32 Å². The number of aliphatic hydroxyl groups excluding tert-OH is 1. The third kappa shape index (κ3) is 7.81. The molecule has 9 heteroatoms. The van der Waals surface area contributed by atoms with Gasteiger partial charge < -0.3 is 29.7 Å². The molecule has 18 heavy (non-hydrogen) atoms. The summed E-state index contributed by atoms with van der Waals surface area (Å²) < 4.78 is 34.1. The molecular weight excluding hydrogens is 266 g/mol. The van der Waals surface area contributed by atoms with E-state index >= 15 is 0 Å². The molecule has 0 bridgehead atoms. The monoisotopic (exact) mass is 279 g/mol. The number of benzene rings is 1. The number of likely N-dealkylation sites (N-methyl/N-ethyl adjacent to an activating group) is 1. The largest absolute Gasteiger partial charge is 0.759 e. The van der Waals surface area contributed by atoms with E-state index in [0.29, 0.717) is 12.1 Å². The zero-order valence-electron chi connectivity index (χ0n) is 9.40. The molecule has 0 aliphatic carbocycles. The van der Waals surface area contributed by atoms with Crippen LogP contribution in [-0.2, 0) is 10.4 Å². The topological polar surface area (TPSA) is 153 Å². The molecule has 1 rings (SSSR count). The number of hydrogen-bond acceptors (Lipinski definition) is 8. The summed E-state index contributed by atoms with van der Waals surface area (Å²) in [6.45, 7) is 0.407. The van der Waals surface area contributed by atoms with E-state index in [1.165, 1.54) is 12.1 Å². The van der Waals surface area contributed by atoms with Crippen molar-refractivity contribution in [1.82, 2.24) is 5.32 Å². The van der Waals surface area contributed by atoms with Gasteiger partial charge in [-0.15, -0.1) is 0 Å². The van der Waals surface area contributed by atoms with Crippen molar-refractivity contribution in [3.05, 3.63) is 23.8 Å². The number of phenolic OH excluding ortho intramolecular Hbond substituents is 2. The molecule has 8 nitrogen and oxygen atoms in total. The van der Waals surface area contributed by atoms with E-state index in [1.807, 2.05) is 0 Å². The van der Waals surface area contributed by atoms with Crippen molar-refractivity contribution < 1.29 is 32.8 Å². The molecule has 0 spiro atoms. The summed E-state index contributed by atoms with van der Waals surface area (Å²) in [5.74, 6) is -0.395. The molecule has 0 unspecified atom stereocenters. The van der Waals surface area contributed by atoms with Gasteiger partial charge in [0, 0.05) is 16.9 Å². The predicted molar refractivity (Wildman–Crippen MR) is 59.1 cm³/mol. The number of aliphatic hydroxyl groups is 1. The minimum atomic E-state index is -5.17. The van der Waals surface area contributed by atoms with Crippen LogP contribution in [0.5, 0.6) is 11.5 Å². The van der Waals surface area contributed by atoms with Crippen molar-refractivity contribution in [2.24, 2.45) is 0 Å². The molecule has 0 fully saturated rings. The third-order valence-corrected chi connectivity index (χ3v) is 1.78. The molecule has 0 saturated carbocycles. The predicted octanol–water partition coefficient (Wildman–Crippen LogP) is -0.987. The van der Waals surface area contributed by atoms with E-state index in [-0.39, 0.29) is 11.5 Å². The second kappa shape index (κ2) is 7.13. The van der Waals surface area contributed by atoms with Crippen molar-refractivity contribution in [2.75, 3.05) is 13.6 Å². The van der Waals surface area contributed by atoms with E-state index in [1.54, 1.807) is 13.1 Å². The van der Waals surface area contributed by atoms with E-state index < -0.39 is 16.5 Å². The minimum absolute atomic E-state index is 0.180. The van der Waals surface area contributed by atoms with Crippen molar-refractivity contribution in [2.45, 2.75) is 6.10 Å². The first-order chi connectivity index (χ1) is 8.15. The molecule has 0 aliphatic heterocycles. The Bertz CT molecular complexity index is 466. The summed E-state index contributed by atoms with van der Waals surface area (Å²) in [5.41, 5.74) is 0.574. The second-order valence-corrected chi connectivity index (χ2v) is 4.05. The molecule has 1 aromatic carbocycles. The fraction of sp³-hybridized carbons (Fsp3) is 0.333. The highest BCUT2D eigenvalue weighted by atomic mass is 32.3. The number of nitrogens with one attached hydrogen (secondary N) is 1. The van der Waals surface area contributed by atoms with Gasteiger partial charge in [-0.1, -0.05) is 6.07 Å². The van der Waals surface area contributed by atoms with Crippen molar-refractivity contribution in [1.29, 1.82) is 0 Å². The van der Waals surface area contributed by atoms with Crippen molar-refractivity contribution in [3.8, 4) is 11.5 Å². The summed E-state index contributed by atoms with van der Waals surface area (Å²) >= 11 is 0. The van der Waals surface area contributed by atoms with Crippen LogP contribution in [0.1, 0.15) is 11.7 Å². The number of aromatic hydroxyl groups is 2. The van der Waals surface area contributed by atoms with E-state index in [2.05, 4.69) is 5.32 Å². The minimum Gasteiger partial charge on any atom is -0.759 e. The van der Waals surface area contributed by atoms with E-state index in [4.69, 9.17) is 27.7 Å². The van der Waals surface area contributed by atoms with Gasteiger partial charge in [-0.3, -0.25) is 8.42 Å². The Labute approximate surface area is 104 Å². The highest BCUT2D eigenvalue weighted by molar-refractivity contribution is 7.79. The lowest BCUT2D eigenvalue weighted by Gasteiger charge is -2.10. The quantitative estimate of drug-likeness (QED) is 0.312. The summed E-state index contributed by atoms with van der Waals surface area (Å²) in [7, 11) is -3.44. The van der Waals surface area contributed by atoms with Crippen LogP contribution in [0, 0.1) is 0 Å². The van der Waals surface area contributed by atoms with Gasteiger partial charge in [-0.2, -0.15) is 0 Å². The van der Waals surface area contributed by atoms with Crippen LogP contribution in [-0.4, -0.2) is 46.4 Å². The Hall–Kier alpha value is -1.39. The van der Waals surface area contributed by atoms with Gasteiger partial charge >= 0.3 is 0 Å². The molecule has 0 saturated heterocycles. The standard InChI is InChI=1S/C9H13NO3.H2O4S/c1-10-5-9(13)6-2-3-7(11)8(12)4-6;1-5(2,3)4/h2-4,9-13H,5H2,1H3;(H2,1,2,3,4)/p-2/t9-;/m0./s1. The maximum absolute atomic E-state index is 9.48. The molecule has 0 aliphatic rings. The SMILES string of the molecule is CNC[C@H](O)c1ccc(O)c(O)c1.O=S(=O)([O-])[O-]. The Morgan fingerprint density at radius 2 is 1.78 bits per heavy atom. The van der Waals surface area contributed by atoms with Gasteiger partial charge in [-0.25, -0.2) is 0 Å². The Morgan fingerprint density at radius 1 is 1.28 bits per heavy atom. The Balaban J connectivity index is 0.000000494. The van der Waals surface area contributed by atoms with Gasteiger partial charge in [0.1, 0.15) is 0 Å². The van der Waals surface area contributed by atoms with Gasteiger partial charge in [0.25, 0.3) is 0 Å². The fourth-order valence-electron chi connectivity index (χ4n) is 1.06. The fourth-order valence-corrected chi connectivity index (χ4v) is 1.06. The summed E-state index contributed by atoms with van der Waals surface area (Å²) in [5, 5.41) is 30.4. The molecular formula is C9H13NO7S-2. The van der Waals surface area contributed by atoms with Gasteiger partial charge in [0.05, 0.1) is 6.10 Å². The van der Waals surface area contributed by atoms with Gasteiger partial charge in [0.15, 0.2) is 11.5 Å². The molecule has 0 amide bonds. The van der Waals surface area contributed by atoms with Crippen LogP contribution >= 0.6 is 0 Å². The average molecular weight is 279 g/mol. The van der Waals surface area contributed by atoms with Crippen LogP contribution in [0.15, 0.2) is 18.2 Å². The molecule has 4 N–H and O–H groups in total. The molecule has 0 aromatic heterocycles. The zero-order valence-corrected chi connectivity index (χ0v) is 10.2. The van der Waals surface area contributed by atoms with E-state index in [9.17, 15) is 5.11 Å². The molecule has 104 valence electrons. The Kier molecular flexibility index (Phi) is 6.58. The van der Waals surface area contributed by atoms with Crippen molar-refractivity contribution in [3.63, 3.8) is 0 Å². The number of hydrogen-bond donors (Lipinski definition) is 4. The zero-order chi connectivity index (χ0) is 14.3. The maximum Gasteiger partial charge on any atom is 0.157 e. The average Bonchev–Trinajstić information content (AvgIpc) is 2.20. The van der Waals surface area contributed by atoms with Crippen molar-refractivity contribution >= 4 is 10.4 Å². The molecule has 1 atom stereocenters. The molecule has 0 radical (unpaired) electrons. The summed E-state index contributed by atoms with van der Waals surface area (Å²) in [4.78, 5) is 0. The van der Waals surface area contributed by atoms with Gasteiger partial charge in [-0.05, 0) is 24.7 Å². The first-order valence-electron chi connectivity index (χ1n) is 4.66. The first-order valence-corrected chi connectivity index (χ1v) is 5.99.